The lowest BCUT2D eigenvalue weighted by atomic mass is 9.75. The van der Waals surface area contributed by atoms with Crippen LogP contribution in [0.3, 0.4) is 0 Å². The number of carbonyl (C=O) groups is 3. The number of para-hydroxylation sites is 1. The first kappa shape index (κ1) is 21.5. The lowest BCUT2D eigenvalue weighted by molar-refractivity contribution is -0.149. The summed E-state index contributed by atoms with van der Waals surface area (Å²) in [4.78, 5) is 40.8. The van der Waals surface area contributed by atoms with Crippen LogP contribution in [0.4, 0.5) is 5.69 Å². The minimum atomic E-state index is -1.63. The zero-order valence-electron chi connectivity index (χ0n) is 17.1. The van der Waals surface area contributed by atoms with Gasteiger partial charge in [-0.25, -0.2) is 4.90 Å². The lowest BCUT2D eigenvalue weighted by Crippen LogP contribution is -2.56. The molecule has 0 aliphatic carbocycles. The summed E-state index contributed by atoms with van der Waals surface area (Å²) in [6, 6.07) is 12.5. The molecule has 2 amide bonds. The Morgan fingerprint density at radius 1 is 1.16 bits per heavy atom. The number of hydrogen-bond acceptors (Lipinski definition) is 5. The summed E-state index contributed by atoms with van der Waals surface area (Å²) in [5.41, 5.74) is -0.839. The molecule has 4 atom stereocenters. The van der Waals surface area contributed by atoms with E-state index in [1.807, 2.05) is 13.8 Å². The Kier molecular flexibility index (Phi) is 5.39. The van der Waals surface area contributed by atoms with Crippen molar-refractivity contribution in [3.8, 4) is 5.75 Å². The number of fused-ring (bicyclic) bond motifs is 1. The second-order valence-corrected chi connectivity index (χ2v) is 9.47. The number of halogens is 1. The molecule has 0 saturated carbocycles. The maximum absolute atomic E-state index is 13.6. The number of imide groups is 1. The highest BCUT2D eigenvalue weighted by molar-refractivity contribution is 9.10. The smallest absolute Gasteiger partial charge is 0.324 e. The molecule has 2 aliphatic heterocycles. The van der Waals surface area contributed by atoms with E-state index in [9.17, 15) is 24.6 Å². The molecule has 2 saturated heterocycles. The van der Waals surface area contributed by atoms with Gasteiger partial charge < -0.3 is 10.2 Å². The van der Waals surface area contributed by atoms with Crippen molar-refractivity contribution < 1.29 is 24.6 Å². The van der Waals surface area contributed by atoms with Crippen LogP contribution >= 0.6 is 15.9 Å². The van der Waals surface area contributed by atoms with E-state index >= 15 is 0 Å². The third-order valence-corrected chi connectivity index (χ3v) is 6.60. The molecule has 3 N–H and O–H groups in total. The molecule has 31 heavy (non-hydrogen) atoms. The van der Waals surface area contributed by atoms with Gasteiger partial charge in [-0.1, -0.05) is 48.0 Å². The normalized spacial score (nSPS) is 27.7. The maximum atomic E-state index is 13.6. The van der Waals surface area contributed by atoms with Gasteiger partial charge in [-0.2, -0.15) is 0 Å². The number of rotatable bonds is 5. The van der Waals surface area contributed by atoms with E-state index in [1.165, 1.54) is 6.07 Å². The molecule has 4 rings (SSSR count). The quantitative estimate of drug-likeness (QED) is 0.558. The van der Waals surface area contributed by atoms with Crippen molar-refractivity contribution >= 4 is 39.4 Å². The predicted octanol–water partition coefficient (Wildman–Crippen LogP) is 3.47. The number of nitrogens with one attached hydrogen (secondary N) is 1. The number of carboxylic acid groups (broad SMARTS) is 1. The van der Waals surface area contributed by atoms with Crippen LogP contribution in [-0.4, -0.2) is 33.5 Å². The van der Waals surface area contributed by atoms with Crippen LogP contribution in [0.25, 0.3) is 0 Å². The average Bonchev–Trinajstić information content (AvgIpc) is 3.18. The van der Waals surface area contributed by atoms with Gasteiger partial charge in [0, 0.05) is 16.1 Å². The molecule has 0 unspecified atom stereocenters. The molecule has 2 aromatic carbocycles. The topological polar surface area (TPSA) is 107 Å². The van der Waals surface area contributed by atoms with Gasteiger partial charge in [0.2, 0.25) is 11.8 Å². The van der Waals surface area contributed by atoms with Crippen molar-refractivity contribution in [3.63, 3.8) is 0 Å². The number of benzene rings is 2. The van der Waals surface area contributed by atoms with Gasteiger partial charge in [-0.15, -0.1) is 0 Å². The molecule has 0 aromatic heterocycles. The number of aliphatic carboxylic acids is 1. The van der Waals surface area contributed by atoms with Gasteiger partial charge in [0.1, 0.15) is 11.3 Å². The molecule has 8 heteroatoms. The van der Waals surface area contributed by atoms with Crippen LogP contribution in [0.1, 0.15) is 31.9 Å². The summed E-state index contributed by atoms with van der Waals surface area (Å²) in [5.74, 6) is -4.34. The van der Waals surface area contributed by atoms with E-state index in [4.69, 9.17) is 0 Å². The van der Waals surface area contributed by atoms with Crippen molar-refractivity contribution in [1.29, 1.82) is 0 Å². The summed E-state index contributed by atoms with van der Waals surface area (Å²) in [6.07, 6.45) is 0.163. The van der Waals surface area contributed by atoms with Gasteiger partial charge in [-0.3, -0.25) is 19.7 Å². The zero-order chi connectivity index (χ0) is 22.5. The van der Waals surface area contributed by atoms with Crippen molar-refractivity contribution in [3.05, 3.63) is 58.6 Å². The van der Waals surface area contributed by atoms with E-state index in [0.717, 1.165) is 4.90 Å². The zero-order valence-corrected chi connectivity index (χ0v) is 18.7. The van der Waals surface area contributed by atoms with Gasteiger partial charge in [0.25, 0.3) is 0 Å². The fourth-order valence-electron chi connectivity index (χ4n) is 4.99. The minimum absolute atomic E-state index is 0.0483. The first-order valence-corrected chi connectivity index (χ1v) is 10.9. The first-order chi connectivity index (χ1) is 14.7. The van der Waals surface area contributed by atoms with Crippen molar-refractivity contribution in [2.75, 3.05) is 4.90 Å². The van der Waals surface area contributed by atoms with E-state index in [2.05, 4.69) is 21.2 Å². The molecule has 0 radical (unpaired) electrons. The molecular weight excluding hydrogens is 464 g/mol. The Morgan fingerprint density at radius 3 is 2.45 bits per heavy atom. The molecule has 2 aliphatic rings. The monoisotopic (exact) mass is 486 g/mol. The fraction of sp³-hybridized carbons (Fsp3) is 0.348. The van der Waals surface area contributed by atoms with Gasteiger partial charge in [0.05, 0.1) is 17.5 Å². The van der Waals surface area contributed by atoms with Crippen LogP contribution < -0.4 is 10.2 Å². The minimum Gasteiger partial charge on any atom is -0.508 e. The first-order valence-electron chi connectivity index (χ1n) is 10.1. The number of aromatic hydroxyl groups is 1. The molecule has 0 bridgehead atoms. The van der Waals surface area contributed by atoms with E-state index in [-0.39, 0.29) is 18.1 Å². The fourth-order valence-corrected chi connectivity index (χ4v) is 5.37. The summed E-state index contributed by atoms with van der Waals surface area (Å²) < 4.78 is 0.673. The highest BCUT2D eigenvalue weighted by Gasteiger charge is 2.68. The number of hydrogen-bond donors (Lipinski definition) is 3. The molecule has 2 aromatic rings. The molecular formula is C23H23BrN2O5. The molecule has 162 valence electrons. The Labute approximate surface area is 188 Å². The SMILES string of the molecule is CC(C)C[C@]1(C(=O)O)N[C@H](c2cc(Br)ccc2O)[C@H]2C(=O)N(c3ccccc3)C(=O)[C@H]21. The summed E-state index contributed by atoms with van der Waals surface area (Å²) in [6.45, 7) is 3.75. The van der Waals surface area contributed by atoms with Crippen molar-refractivity contribution in [2.24, 2.45) is 17.8 Å². The van der Waals surface area contributed by atoms with Crippen LogP contribution in [0.5, 0.6) is 5.75 Å². The second kappa shape index (κ2) is 7.76. The maximum Gasteiger partial charge on any atom is 0.324 e. The third-order valence-electron chi connectivity index (χ3n) is 6.11. The van der Waals surface area contributed by atoms with Crippen LogP contribution in [0.15, 0.2) is 53.0 Å². The van der Waals surface area contributed by atoms with Gasteiger partial charge in [0.15, 0.2) is 0 Å². The van der Waals surface area contributed by atoms with E-state index in [0.29, 0.717) is 15.7 Å². The van der Waals surface area contributed by atoms with Gasteiger partial charge in [-0.05, 0) is 42.7 Å². The number of carboxylic acids is 1. The largest absolute Gasteiger partial charge is 0.508 e. The highest BCUT2D eigenvalue weighted by Crippen LogP contribution is 2.53. The van der Waals surface area contributed by atoms with Crippen molar-refractivity contribution in [1.82, 2.24) is 5.32 Å². The molecule has 7 nitrogen and oxygen atoms in total. The summed E-state index contributed by atoms with van der Waals surface area (Å²) in [5, 5.41) is 23.9. The van der Waals surface area contributed by atoms with E-state index < -0.39 is 41.2 Å². The predicted molar refractivity (Wildman–Crippen MR) is 117 cm³/mol. The summed E-state index contributed by atoms with van der Waals surface area (Å²) >= 11 is 3.37. The Balaban J connectivity index is 1.90. The Bertz CT molecular complexity index is 1060. The molecule has 2 heterocycles. The van der Waals surface area contributed by atoms with Crippen molar-refractivity contribution in [2.45, 2.75) is 31.8 Å². The lowest BCUT2D eigenvalue weighted by Gasteiger charge is -2.32. The highest BCUT2D eigenvalue weighted by atomic mass is 79.9. The third kappa shape index (κ3) is 3.34. The van der Waals surface area contributed by atoms with Crippen LogP contribution in [0, 0.1) is 17.8 Å². The number of carbonyl (C=O) groups excluding carboxylic acids is 2. The number of phenols is 1. The molecule has 0 spiro atoms. The second-order valence-electron chi connectivity index (χ2n) is 8.55. The van der Waals surface area contributed by atoms with E-state index in [1.54, 1.807) is 42.5 Å². The average molecular weight is 487 g/mol. The standard InChI is InChI=1S/C23H23BrN2O5/c1-12(2)11-23(22(30)31)18-17(19(25-23)15-10-13(24)8-9-16(15)27)20(28)26(21(18)29)14-6-4-3-5-7-14/h3-10,12,17-19,25,27H,11H2,1-2H3,(H,30,31)/t17-,18-,19+,23-/m0/s1. The molecule has 2 fully saturated rings. The Hall–Kier alpha value is -2.71. The Morgan fingerprint density at radius 2 is 1.84 bits per heavy atom. The number of anilines is 1. The number of amides is 2. The van der Waals surface area contributed by atoms with Crippen LogP contribution in [0.2, 0.25) is 0 Å². The number of nitrogens with zero attached hydrogens (tertiary/aromatic N) is 1. The van der Waals surface area contributed by atoms with Crippen LogP contribution in [-0.2, 0) is 14.4 Å². The summed E-state index contributed by atoms with van der Waals surface area (Å²) in [7, 11) is 0. The number of phenolic OH excluding ortho intramolecular Hbond substituents is 1. The van der Waals surface area contributed by atoms with Gasteiger partial charge >= 0.3 is 5.97 Å².